The first kappa shape index (κ1) is 15.8. The molecule has 0 aromatic carbocycles. The molecule has 2 aromatic rings. The van der Waals surface area contributed by atoms with Crippen LogP contribution in [0, 0.1) is 23.6 Å². The predicted octanol–water partition coefficient (Wildman–Crippen LogP) is 0.743. The number of aromatic nitrogens is 4. The molecule has 0 saturated carbocycles. The molecule has 2 fully saturated rings. The van der Waals surface area contributed by atoms with E-state index >= 15 is 0 Å². The Morgan fingerprint density at radius 1 is 1.16 bits per heavy atom. The van der Waals surface area contributed by atoms with Crippen molar-refractivity contribution in [3.05, 3.63) is 36.8 Å². The topological polar surface area (TPSA) is 93.1 Å². The summed E-state index contributed by atoms with van der Waals surface area (Å²) in [5.41, 5.74) is 0. The zero-order valence-corrected chi connectivity index (χ0v) is 13.4. The lowest BCUT2D eigenvalue weighted by atomic mass is 9.82. The van der Waals surface area contributed by atoms with E-state index in [4.69, 9.17) is 4.74 Å². The molecular weight excluding hydrogens is 327 g/mol. The van der Waals surface area contributed by atoms with Gasteiger partial charge >= 0.3 is 0 Å². The van der Waals surface area contributed by atoms with Gasteiger partial charge in [-0.2, -0.15) is 0 Å². The molecule has 1 N–H and O–H groups in total. The van der Waals surface area contributed by atoms with E-state index in [9.17, 15) is 9.18 Å². The molecule has 4 heterocycles. The fourth-order valence-corrected chi connectivity index (χ4v) is 3.48. The standard InChI is InChI=1S/C16H17FN6O2/c17-11-3-20-16(21-4-11)23-6-10-8-25-9-13(12(10)7-23)15(24)22-14-5-18-1-2-19-14/h1-5,10,12-13H,6-9H2,(H,19,22,24)/t10-,12-,13-/m1/s1. The summed E-state index contributed by atoms with van der Waals surface area (Å²) in [6, 6.07) is 0. The molecule has 0 unspecified atom stereocenters. The second-order valence-corrected chi connectivity index (χ2v) is 6.25. The Balaban J connectivity index is 1.47. The van der Waals surface area contributed by atoms with Crippen molar-refractivity contribution in [2.75, 3.05) is 36.5 Å². The van der Waals surface area contributed by atoms with Crippen LogP contribution < -0.4 is 10.2 Å². The number of carbonyl (C=O) groups excluding carboxylic acids is 1. The van der Waals surface area contributed by atoms with Crippen molar-refractivity contribution < 1.29 is 13.9 Å². The third kappa shape index (κ3) is 3.27. The number of anilines is 2. The van der Waals surface area contributed by atoms with Crippen molar-refractivity contribution in [1.82, 2.24) is 19.9 Å². The van der Waals surface area contributed by atoms with E-state index in [0.29, 0.717) is 38.1 Å². The summed E-state index contributed by atoms with van der Waals surface area (Å²) in [4.78, 5) is 30.7. The number of halogens is 1. The minimum absolute atomic E-state index is 0.124. The highest BCUT2D eigenvalue weighted by Crippen LogP contribution is 2.35. The maximum absolute atomic E-state index is 13.0. The molecule has 1 amide bonds. The molecule has 130 valence electrons. The Hall–Kier alpha value is -2.68. The number of carbonyl (C=O) groups is 1. The van der Waals surface area contributed by atoms with E-state index in [1.807, 2.05) is 4.90 Å². The van der Waals surface area contributed by atoms with Crippen molar-refractivity contribution >= 4 is 17.7 Å². The van der Waals surface area contributed by atoms with Crippen LogP contribution in [0.3, 0.4) is 0 Å². The summed E-state index contributed by atoms with van der Waals surface area (Å²) in [5.74, 6) is 0.350. The first-order valence-corrected chi connectivity index (χ1v) is 8.08. The van der Waals surface area contributed by atoms with Crippen LogP contribution in [0.4, 0.5) is 16.2 Å². The van der Waals surface area contributed by atoms with Crippen LogP contribution in [-0.4, -0.2) is 52.1 Å². The monoisotopic (exact) mass is 344 g/mol. The third-order valence-corrected chi connectivity index (χ3v) is 4.68. The molecule has 9 heteroatoms. The van der Waals surface area contributed by atoms with Crippen molar-refractivity contribution in [1.29, 1.82) is 0 Å². The number of hydrogen-bond acceptors (Lipinski definition) is 7. The van der Waals surface area contributed by atoms with Crippen molar-refractivity contribution in [2.24, 2.45) is 17.8 Å². The molecule has 2 saturated heterocycles. The first-order valence-electron chi connectivity index (χ1n) is 8.08. The van der Waals surface area contributed by atoms with Crippen LogP contribution in [0.25, 0.3) is 0 Å². The average Bonchev–Trinajstić information content (AvgIpc) is 3.07. The molecule has 2 aromatic heterocycles. The Labute approximate surface area is 143 Å². The van der Waals surface area contributed by atoms with Gasteiger partial charge in [0.05, 0.1) is 37.7 Å². The fourth-order valence-electron chi connectivity index (χ4n) is 3.48. The van der Waals surface area contributed by atoms with Crippen LogP contribution >= 0.6 is 0 Å². The lowest BCUT2D eigenvalue weighted by Crippen LogP contribution is -2.42. The smallest absolute Gasteiger partial charge is 0.231 e. The number of nitrogens with zero attached hydrogens (tertiary/aromatic N) is 5. The van der Waals surface area contributed by atoms with E-state index in [-0.39, 0.29) is 23.7 Å². The second kappa shape index (κ2) is 6.67. The van der Waals surface area contributed by atoms with Gasteiger partial charge in [-0.3, -0.25) is 9.78 Å². The van der Waals surface area contributed by atoms with Crippen molar-refractivity contribution in [3.63, 3.8) is 0 Å². The molecule has 0 radical (unpaired) electrons. The fraction of sp³-hybridized carbons (Fsp3) is 0.438. The molecule has 8 nitrogen and oxygen atoms in total. The van der Waals surface area contributed by atoms with E-state index in [1.54, 1.807) is 6.20 Å². The van der Waals surface area contributed by atoms with Gasteiger partial charge in [0, 0.05) is 31.4 Å². The molecule has 0 aliphatic carbocycles. The number of hydrogen-bond donors (Lipinski definition) is 1. The Kier molecular flexibility index (Phi) is 4.22. The molecule has 0 spiro atoms. The van der Waals surface area contributed by atoms with Crippen LogP contribution in [0.2, 0.25) is 0 Å². The third-order valence-electron chi connectivity index (χ3n) is 4.68. The van der Waals surface area contributed by atoms with Crippen LogP contribution in [0.15, 0.2) is 31.0 Å². The minimum Gasteiger partial charge on any atom is -0.380 e. The zero-order chi connectivity index (χ0) is 17.2. The lowest BCUT2D eigenvalue weighted by molar-refractivity contribution is -0.128. The zero-order valence-electron chi connectivity index (χ0n) is 13.4. The molecular formula is C16H17FN6O2. The average molecular weight is 344 g/mol. The summed E-state index contributed by atoms with van der Waals surface area (Å²) < 4.78 is 18.7. The summed E-state index contributed by atoms with van der Waals surface area (Å²) in [7, 11) is 0. The van der Waals surface area contributed by atoms with Gasteiger partial charge in [0.1, 0.15) is 0 Å². The summed E-state index contributed by atoms with van der Waals surface area (Å²) in [6.07, 6.45) is 6.89. The predicted molar refractivity (Wildman–Crippen MR) is 86.2 cm³/mol. The van der Waals surface area contributed by atoms with Crippen molar-refractivity contribution in [3.8, 4) is 0 Å². The minimum atomic E-state index is -0.468. The number of nitrogens with one attached hydrogen (secondary N) is 1. The van der Waals surface area contributed by atoms with Gasteiger partial charge in [0.2, 0.25) is 11.9 Å². The largest absolute Gasteiger partial charge is 0.380 e. The maximum Gasteiger partial charge on any atom is 0.231 e. The molecule has 3 atom stereocenters. The maximum atomic E-state index is 13.0. The van der Waals surface area contributed by atoms with E-state index in [1.165, 1.54) is 12.4 Å². The normalized spacial score (nSPS) is 25.5. The summed E-state index contributed by atoms with van der Waals surface area (Å²) >= 11 is 0. The quantitative estimate of drug-likeness (QED) is 0.878. The molecule has 4 rings (SSSR count). The van der Waals surface area contributed by atoms with Gasteiger partial charge in [0.25, 0.3) is 0 Å². The van der Waals surface area contributed by atoms with Gasteiger partial charge in [-0.05, 0) is 5.92 Å². The number of rotatable bonds is 3. The molecule has 2 aliphatic rings. The van der Waals surface area contributed by atoms with Gasteiger partial charge in [-0.15, -0.1) is 0 Å². The molecule has 2 aliphatic heterocycles. The second-order valence-electron chi connectivity index (χ2n) is 6.25. The Morgan fingerprint density at radius 2 is 2.00 bits per heavy atom. The van der Waals surface area contributed by atoms with E-state index in [2.05, 4.69) is 25.3 Å². The van der Waals surface area contributed by atoms with E-state index < -0.39 is 5.82 Å². The first-order chi connectivity index (χ1) is 12.2. The molecule has 0 bridgehead atoms. The number of amides is 1. The van der Waals surface area contributed by atoms with Crippen LogP contribution in [0.1, 0.15) is 0 Å². The number of ether oxygens (including phenoxy) is 1. The molecule has 25 heavy (non-hydrogen) atoms. The lowest BCUT2D eigenvalue weighted by Gasteiger charge is -2.31. The highest BCUT2D eigenvalue weighted by molar-refractivity contribution is 5.92. The Bertz CT molecular complexity index is 744. The van der Waals surface area contributed by atoms with Gasteiger partial charge in [-0.1, -0.05) is 0 Å². The van der Waals surface area contributed by atoms with Crippen LogP contribution in [-0.2, 0) is 9.53 Å². The van der Waals surface area contributed by atoms with Gasteiger partial charge in [0.15, 0.2) is 11.6 Å². The van der Waals surface area contributed by atoms with Gasteiger partial charge < -0.3 is 15.0 Å². The van der Waals surface area contributed by atoms with Crippen molar-refractivity contribution in [2.45, 2.75) is 0 Å². The SMILES string of the molecule is O=C(Nc1cnccn1)[C@@H]1COC[C@H]2CN(c3ncc(F)cn3)C[C@H]21. The summed E-state index contributed by atoms with van der Waals surface area (Å²) in [6.45, 7) is 2.28. The highest BCUT2D eigenvalue weighted by Gasteiger charge is 2.44. The Morgan fingerprint density at radius 3 is 2.76 bits per heavy atom. The van der Waals surface area contributed by atoms with E-state index in [0.717, 1.165) is 12.4 Å². The number of fused-ring (bicyclic) bond motifs is 1. The van der Waals surface area contributed by atoms with Crippen LogP contribution in [0.5, 0.6) is 0 Å². The highest BCUT2D eigenvalue weighted by atomic mass is 19.1. The van der Waals surface area contributed by atoms with Gasteiger partial charge in [-0.25, -0.2) is 19.3 Å². The summed E-state index contributed by atoms with van der Waals surface area (Å²) in [5, 5.41) is 2.79.